The molecule has 0 spiro atoms. The molecule has 2 atom stereocenters. The summed E-state index contributed by atoms with van der Waals surface area (Å²) >= 11 is 7.68. The molecule has 2 unspecified atom stereocenters. The first-order valence-electron chi connectivity index (χ1n) is 7.33. The molecule has 1 aromatic carbocycles. The van der Waals surface area contributed by atoms with Crippen LogP contribution in [0, 0.1) is 0 Å². The normalized spacial score (nSPS) is 14.3. The molecule has 2 rings (SSSR count). The second kappa shape index (κ2) is 7.95. The van der Waals surface area contributed by atoms with Crippen LogP contribution in [0.15, 0.2) is 42.5 Å². The van der Waals surface area contributed by atoms with E-state index in [-0.39, 0.29) is 12.1 Å². The summed E-state index contributed by atoms with van der Waals surface area (Å²) < 4.78 is 0.827. The molecule has 0 saturated carbocycles. The lowest BCUT2D eigenvalue weighted by Gasteiger charge is -2.30. The molecule has 0 fully saturated rings. The first-order chi connectivity index (χ1) is 10.1. The second-order valence-corrected chi connectivity index (χ2v) is 7.26. The highest BCUT2D eigenvalue weighted by molar-refractivity contribution is 7.16. The van der Waals surface area contributed by atoms with E-state index in [2.05, 4.69) is 55.3 Å². The van der Waals surface area contributed by atoms with Crippen LogP contribution in [0.2, 0.25) is 4.34 Å². The zero-order valence-corrected chi connectivity index (χ0v) is 14.2. The maximum absolute atomic E-state index is 6.18. The molecular weight excluding hydrogens is 300 g/mol. The summed E-state index contributed by atoms with van der Waals surface area (Å²) in [6, 6.07) is 15.0. The number of benzene rings is 1. The molecule has 1 aromatic heterocycles. The quantitative estimate of drug-likeness (QED) is 0.821. The van der Waals surface area contributed by atoms with Gasteiger partial charge >= 0.3 is 0 Å². The fraction of sp³-hybridized carbons (Fsp3) is 0.412. The summed E-state index contributed by atoms with van der Waals surface area (Å²) in [6.07, 6.45) is 2.23. The number of hydrogen-bond donors (Lipinski definition) is 1. The van der Waals surface area contributed by atoms with Gasteiger partial charge in [-0.25, -0.2) is 0 Å². The number of thiophene rings is 1. The van der Waals surface area contributed by atoms with Gasteiger partial charge in [-0.3, -0.25) is 4.90 Å². The van der Waals surface area contributed by atoms with Crippen LogP contribution in [0.5, 0.6) is 0 Å². The van der Waals surface area contributed by atoms with Gasteiger partial charge in [0.15, 0.2) is 0 Å². The standard InChI is InChI=1S/C17H23ClN2S/c1-13(19)17(15-10-11-16(18)21-15)20(2)12-6-9-14-7-4-3-5-8-14/h3-5,7-8,10-11,13,17H,6,9,12,19H2,1-2H3. The van der Waals surface area contributed by atoms with Gasteiger partial charge in [-0.2, -0.15) is 0 Å². The lowest BCUT2D eigenvalue weighted by molar-refractivity contribution is 0.220. The van der Waals surface area contributed by atoms with E-state index in [1.165, 1.54) is 10.4 Å². The van der Waals surface area contributed by atoms with E-state index in [9.17, 15) is 0 Å². The van der Waals surface area contributed by atoms with Gasteiger partial charge in [-0.05, 0) is 51.1 Å². The van der Waals surface area contributed by atoms with E-state index < -0.39 is 0 Å². The van der Waals surface area contributed by atoms with Gasteiger partial charge in [-0.15, -0.1) is 11.3 Å². The first-order valence-corrected chi connectivity index (χ1v) is 8.52. The third-order valence-electron chi connectivity index (χ3n) is 3.68. The van der Waals surface area contributed by atoms with E-state index in [0.717, 1.165) is 23.7 Å². The summed E-state index contributed by atoms with van der Waals surface area (Å²) in [4.78, 5) is 3.59. The fourth-order valence-corrected chi connectivity index (χ4v) is 4.02. The highest BCUT2D eigenvalue weighted by Crippen LogP contribution is 2.31. The molecule has 0 saturated heterocycles. The number of halogens is 1. The molecule has 0 radical (unpaired) electrons. The molecule has 0 bridgehead atoms. The van der Waals surface area contributed by atoms with Crippen molar-refractivity contribution in [1.29, 1.82) is 0 Å². The smallest absolute Gasteiger partial charge is 0.0931 e. The van der Waals surface area contributed by atoms with Gasteiger partial charge in [0.1, 0.15) is 0 Å². The summed E-state index contributed by atoms with van der Waals surface area (Å²) in [5.74, 6) is 0. The van der Waals surface area contributed by atoms with Crippen LogP contribution in [0.25, 0.3) is 0 Å². The Kier molecular flexibility index (Phi) is 6.24. The van der Waals surface area contributed by atoms with Crippen LogP contribution in [0.4, 0.5) is 0 Å². The third kappa shape index (κ3) is 4.82. The average molecular weight is 323 g/mol. The van der Waals surface area contributed by atoms with Crippen molar-refractivity contribution < 1.29 is 0 Å². The Morgan fingerprint density at radius 2 is 1.90 bits per heavy atom. The molecule has 1 heterocycles. The molecule has 2 aromatic rings. The number of nitrogens with two attached hydrogens (primary N) is 1. The van der Waals surface area contributed by atoms with E-state index >= 15 is 0 Å². The maximum Gasteiger partial charge on any atom is 0.0931 e. The monoisotopic (exact) mass is 322 g/mol. The van der Waals surface area contributed by atoms with Gasteiger partial charge in [0.2, 0.25) is 0 Å². The van der Waals surface area contributed by atoms with E-state index in [4.69, 9.17) is 17.3 Å². The Balaban J connectivity index is 1.92. The van der Waals surface area contributed by atoms with Crippen LogP contribution >= 0.6 is 22.9 Å². The summed E-state index contributed by atoms with van der Waals surface area (Å²) in [5, 5.41) is 0. The minimum absolute atomic E-state index is 0.0847. The molecular formula is C17H23ClN2S. The van der Waals surface area contributed by atoms with Crippen LogP contribution in [0.3, 0.4) is 0 Å². The van der Waals surface area contributed by atoms with Gasteiger partial charge in [0.25, 0.3) is 0 Å². The highest BCUT2D eigenvalue weighted by atomic mass is 35.5. The van der Waals surface area contributed by atoms with E-state index in [1.54, 1.807) is 11.3 Å². The van der Waals surface area contributed by atoms with Crippen LogP contribution in [-0.4, -0.2) is 24.5 Å². The predicted molar refractivity (Wildman–Crippen MR) is 93.1 cm³/mol. The molecule has 0 aliphatic rings. The first kappa shape index (κ1) is 16.5. The summed E-state index contributed by atoms with van der Waals surface area (Å²) in [7, 11) is 2.15. The molecule has 0 amide bonds. The number of rotatable bonds is 7. The minimum atomic E-state index is 0.0847. The number of likely N-dealkylation sites (N-methyl/N-ethyl adjacent to an activating group) is 1. The van der Waals surface area contributed by atoms with E-state index in [0.29, 0.717) is 0 Å². The van der Waals surface area contributed by atoms with Crippen molar-refractivity contribution >= 4 is 22.9 Å². The SMILES string of the molecule is CC(N)C(c1ccc(Cl)s1)N(C)CCCc1ccccc1. The zero-order valence-electron chi connectivity index (χ0n) is 12.6. The molecule has 114 valence electrons. The van der Waals surface area contributed by atoms with Crippen LogP contribution in [0.1, 0.15) is 29.8 Å². The van der Waals surface area contributed by atoms with Crippen molar-refractivity contribution in [1.82, 2.24) is 4.90 Å². The van der Waals surface area contributed by atoms with Crippen LogP contribution < -0.4 is 5.73 Å². The number of aryl methyl sites for hydroxylation is 1. The van der Waals surface area contributed by atoms with Gasteiger partial charge in [0, 0.05) is 10.9 Å². The average Bonchev–Trinajstić information content (AvgIpc) is 2.86. The Hall–Kier alpha value is -0.870. The van der Waals surface area contributed by atoms with Gasteiger partial charge < -0.3 is 5.73 Å². The Bertz CT molecular complexity index is 539. The van der Waals surface area contributed by atoms with Crippen molar-refractivity contribution in [3.8, 4) is 0 Å². The Morgan fingerprint density at radius 1 is 1.19 bits per heavy atom. The maximum atomic E-state index is 6.18. The van der Waals surface area contributed by atoms with Gasteiger partial charge in [0.05, 0.1) is 10.4 Å². The molecule has 2 N–H and O–H groups in total. The van der Waals surface area contributed by atoms with E-state index in [1.807, 2.05) is 6.07 Å². The Morgan fingerprint density at radius 3 is 2.48 bits per heavy atom. The zero-order chi connectivity index (χ0) is 15.2. The number of hydrogen-bond acceptors (Lipinski definition) is 3. The molecule has 21 heavy (non-hydrogen) atoms. The number of nitrogens with zero attached hydrogens (tertiary/aromatic N) is 1. The molecule has 0 aliphatic carbocycles. The molecule has 4 heteroatoms. The Labute approximate surface area is 136 Å². The van der Waals surface area contributed by atoms with Crippen molar-refractivity contribution in [2.75, 3.05) is 13.6 Å². The summed E-state index contributed by atoms with van der Waals surface area (Å²) in [6.45, 7) is 3.09. The summed E-state index contributed by atoms with van der Waals surface area (Å²) in [5.41, 5.74) is 7.57. The molecule has 2 nitrogen and oxygen atoms in total. The predicted octanol–water partition coefficient (Wildman–Crippen LogP) is 4.35. The fourth-order valence-electron chi connectivity index (χ4n) is 2.68. The van der Waals surface area contributed by atoms with Crippen molar-refractivity contribution in [2.24, 2.45) is 5.73 Å². The molecule has 0 aliphatic heterocycles. The lowest BCUT2D eigenvalue weighted by atomic mass is 10.1. The minimum Gasteiger partial charge on any atom is -0.326 e. The largest absolute Gasteiger partial charge is 0.326 e. The second-order valence-electron chi connectivity index (χ2n) is 5.52. The van der Waals surface area contributed by atoms with Crippen LogP contribution in [-0.2, 0) is 6.42 Å². The highest BCUT2D eigenvalue weighted by Gasteiger charge is 2.22. The van der Waals surface area contributed by atoms with Crippen molar-refractivity contribution in [3.63, 3.8) is 0 Å². The lowest BCUT2D eigenvalue weighted by Crippen LogP contribution is -2.37. The van der Waals surface area contributed by atoms with Crippen molar-refractivity contribution in [2.45, 2.75) is 31.8 Å². The van der Waals surface area contributed by atoms with Crippen molar-refractivity contribution in [3.05, 3.63) is 57.2 Å². The topological polar surface area (TPSA) is 29.3 Å². The van der Waals surface area contributed by atoms with Gasteiger partial charge in [-0.1, -0.05) is 41.9 Å². The third-order valence-corrected chi connectivity index (χ3v) is 4.98.